The summed E-state index contributed by atoms with van der Waals surface area (Å²) in [7, 11) is 1.84. The van der Waals surface area contributed by atoms with Crippen LogP contribution in [0.2, 0.25) is 0 Å². The average molecular weight is 390 g/mol. The Morgan fingerprint density at radius 3 is 2.59 bits per heavy atom. The SMILES string of the molecule is Cc1cc(/C=C/C(=O)N(C)[C@@H](C)c2ccc(-n3cncn3)cc2)c(C)n1C1CC1. The van der Waals surface area contributed by atoms with Crippen LogP contribution in [-0.4, -0.2) is 37.2 Å². The van der Waals surface area contributed by atoms with Gasteiger partial charge in [0.05, 0.1) is 11.7 Å². The van der Waals surface area contributed by atoms with Crippen LogP contribution in [0.25, 0.3) is 11.8 Å². The fourth-order valence-corrected chi connectivity index (χ4v) is 3.81. The highest BCUT2D eigenvalue weighted by Crippen LogP contribution is 2.38. The molecule has 0 radical (unpaired) electrons. The van der Waals surface area contributed by atoms with Gasteiger partial charge in [-0.15, -0.1) is 0 Å². The van der Waals surface area contributed by atoms with Crippen molar-refractivity contribution in [1.29, 1.82) is 0 Å². The number of aryl methyl sites for hydroxylation is 1. The van der Waals surface area contributed by atoms with E-state index >= 15 is 0 Å². The summed E-state index contributed by atoms with van der Waals surface area (Å²) in [5, 5.41) is 4.14. The third kappa shape index (κ3) is 3.88. The van der Waals surface area contributed by atoms with Crippen molar-refractivity contribution in [1.82, 2.24) is 24.2 Å². The molecule has 0 aliphatic heterocycles. The van der Waals surface area contributed by atoms with E-state index in [1.54, 1.807) is 22.0 Å². The molecule has 1 aromatic carbocycles. The molecular formula is C23H27N5O. The standard InChI is InChI=1S/C23H27N5O/c1-16-13-20(18(3)28(16)22-10-11-22)7-12-23(29)26(4)17(2)19-5-8-21(9-6-19)27-15-24-14-25-27/h5-9,12-15,17,22H,10-11H2,1-4H3/b12-7+/t17-/m0/s1. The zero-order valence-corrected chi connectivity index (χ0v) is 17.4. The molecule has 0 N–H and O–H groups in total. The zero-order chi connectivity index (χ0) is 20.5. The Morgan fingerprint density at radius 1 is 1.24 bits per heavy atom. The van der Waals surface area contributed by atoms with Crippen LogP contribution in [0.3, 0.4) is 0 Å². The van der Waals surface area contributed by atoms with E-state index in [0.29, 0.717) is 6.04 Å². The molecule has 3 aromatic rings. The van der Waals surface area contributed by atoms with Crippen molar-refractivity contribution in [2.45, 2.75) is 45.7 Å². The van der Waals surface area contributed by atoms with Crippen LogP contribution in [-0.2, 0) is 4.79 Å². The molecule has 1 amide bonds. The Hall–Kier alpha value is -3.15. The van der Waals surface area contributed by atoms with E-state index < -0.39 is 0 Å². The van der Waals surface area contributed by atoms with Crippen LogP contribution < -0.4 is 0 Å². The molecule has 0 bridgehead atoms. The van der Waals surface area contributed by atoms with Gasteiger partial charge in [0, 0.05) is 30.6 Å². The summed E-state index contributed by atoms with van der Waals surface area (Å²) < 4.78 is 4.11. The van der Waals surface area contributed by atoms with Gasteiger partial charge in [-0.2, -0.15) is 5.10 Å². The normalized spacial score (nSPS) is 15.0. The van der Waals surface area contributed by atoms with Gasteiger partial charge < -0.3 is 9.47 Å². The van der Waals surface area contributed by atoms with E-state index in [1.807, 2.05) is 44.3 Å². The maximum absolute atomic E-state index is 12.7. The van der Waals surface area contributed by atoms with Gasteiger partial charge in [0.15, 0.2) is 0 Å². The molecule has 2 heterocycles. The highest BCUT2D eigenvalue weighted by Gasteiger charge is 2.26. The molecular weight excluding hydrogens is 362 g/mol. The van der Waals surface area contributed by atoms with Crippen molar-refractivity contribution >= 4 is 12.0 Å². The molecule has 0 spiro atoms. The van der Waals surface area contributed by atoms with E-state index in [-0.39, 0.29) is 11.9 Å². The monoisotopic (exact) mass is 389 g/mol. The lowest BCUT2D eigenvalue weighted by atomic mass is 10.1. The van der Waals surface area contributed by atoms with Gasteiger partial charge in [-0.05, 0) is 69.0 Å². The summed E-state index contributed by atoms with van der Waals surface area (Å²) >= 11 is 0. The van der Waals surface area contributed by atoms with Gasteiger partial charge in [-0.1, -0.05) is 12.1 Å². The Balaban J connectivity index is 1.44. The maximum atomic E-state index is 12.7. The third-order valence-corrected chi connectivity index (χ3v) is 5.83. The van der Waals surface area contributed by atoms with Gasteiger partial charge in [0.1, 0.15) is 12.7 Å². The van der Waals surface area contributed by atoms with Crippen molar-refractivity contribution < 1.29 is 4.79 Å². The Morgan fingerprint density at radius 2 is 1.97 bits per heavy atom. The molecule has 6 nitrogen and oxygen atoms in total. The van der Waals surface area contributed by atoms with Crippen LogP contribution in [0.15, 0.2) is 49.1 Å². The molecule has 0 saturated heterocycles. The topological polar surface area (TPSA) is 56.0 Å². The van der Waals surface area contributed by atoms with Gasteiger partial charge >= 0.3 is 0 Å². The predicted octanol–water partition coefficient (Wildman–Crippen LogP) is 4.25. The van der Waals surface area contributed by atoms with E-state index in [2.05, 4.69) is 34.6 Å². The number of rotatable bonds is 6. The second-order valence-corrected chi connectivity index (χ2v) is 7.82. The van der Waals surface area contributed by atoms with E-state index in [4.69, 9.17) is 0 Å². The summed E-state index contributed by atoms with van der Waals surface area (Å²) in [5.74, 6) is -0.00548. The number of amides is 1. The minimum atomic E-state index is -0.0316. The summed E-state index contributed by atoms with van der Waals surface area (Å²) in [4.78, 5) is 18.5. The first-order valence-corrected chi connectivity index (χ1v) is 10.0. The lowest BCUT2D eigenvalue weighted by Crippen LogP contribution is -2.28. The van der Waals surface area contributed by atoms with Crippen molar-refractivity contribution in [3.8, 4) is 5.69 Å². The number of aromatic nitrogens is 4. The number of likely N-dealkylation sites (N-methyl/N-ethyl adjacent to an activating group) is 1. The summed E-state index contributed by atoms with van der Waals surface area (Å²) in [5.41, 5.74) is 5.66. The fraction of sp³-hybridized carbons (Fsp3) is 0.348. The Bertz CT molecular complexity index is 1030. The zero-order valence-electron chi connectivity index (χ0n) is 17.4. The average Bonchev–Trinajstić information content (AvgIpc) is 3.31. The minimum absolute atomic E-state index is 0.00548. The molecule has 1 saturated carbocycles. The van der Waals surface area contributed by atoms with Crippen molar-refractivity contribution in [3.05, 3.63) is 71.6 Å². The summed E-state index contributed by atoms with van der Waals surface area (Å²) in [6.45, 7) is 6.31. The summed E-state index contributed by atoms with van der Waals surface area (Å²) in [6, 6.07) is 10.8. The molecule has 1 aliphatic carbocycles. The smallest absolute Gasteiger partial charge is 0.246 e. The number of carbonyl (C=O) groups is 1. The van der Waals surface area contributed by atoms with Crippen LogP contribution >= 0.6 is 0 Å². The van der Waals surface area contributed by atoms with Crippen LogP contribution in [0.4, 0.5) is 0 Å². The fourth-order valence-electron chi connectivity index (χ4n) is 3.81. The minimum Gasteiger partial charge on any atom is -0.346 e. The van der Waals surface area contributed by atoms with Gasteiger partial charge in [0.25, 0.3) is 0 Å². The quantitative estimate of drug-likeness (QED) is 0.592. The van der Waals surface area contributed by atoms with E-state index in [9.17, 15) is 4.79 Å². The number of hydrogen-bond donors (Lipinski definition) is 0. The molecule has 1 fully saturated rings. The lowest BCUT2D eigenvalue weighted by Gasteiger charge is -2.24. The molecule has 1 atom stereocenters. The predicted molar refractivity (Wildman–Crippen MR) is 114 cm³/mol. The van der Waals surface area contributed by atoms with Crippen LogP contribution in [0.1, 0.15) is 54.4 Å². The van der Waals surface area contributed by atoms with Gasteiger partial charge in [-0.25, -0.2) is 9.67 Å². The second-order valence-electron chi connectivity index (χ2n) is 7.82. The number of carbonyl (C=O) groups excluding carboxylic acids is 1. The Labute approximate surface area is 171 Å². The highest BCUT2D eigenvalue weighted by atomic mass is 16.2. The van der Waals surface area contributed by atoms with Crippen LogP contribution in [0.5, 0.6) is 0 Å². The first-order chi connectivity index (χ1) is 14.0. The largest absolute Gasteiger partial charge is 0.346 e. The second kappa shape index (κ2) is 7.70. The first kappa shape index (κ1) is 19.2. The molecule has 6 heteroatoms. The molecule has 1 aliphatic rings. The first-order valence-electron chi connectivity index (χ1n) is 10.0. The number of hydrogen-bond acceptors (Lipinski definition) is 3. The highest BCUT2D eigenvalue weighted by molar-refractivity contribution is 5.92. The van der Waals surface area contributed by atoms with Gasteiger partial charge in [0.2, 0.25) is 5.91 Å². The summed E-state index contributed by atoms with van der Waals surface area (Å²) in [6.07, 6.45) is 9.32. The molecule has 0 unspecified atom stereocenters. The molecule has 2 aromatic heterocycles. The number of nitrogens with zero attached hydrogens (tertiary/aromatic N) is 5. The van der Waals surface area contributed by atoms with Crippen molar-refractivity contribution in [3.63, 3.8) is 0 Å². The third-order valence-electron chi connectivity index (χ3n) is 5.83. The number of benzene rings is 1. The maximum Gasteiger partial charge on any atom is 0.246 e. The van der Waals surface area contributed by atoms with Crippen LogP contribution in [0, 0.1) is 13.8 Å². The van der Waals surface area contributed by atoms with E-state index in [1.165, 1.54) is 30.6 Å². The molecule has 4 rings (SSSR count). The molecule has 150 valence electrons. The Kier molecular flexibility index (Phi) is 5.09. The lowest BCUT2D eigenvalue weighted by molar-refractivity contribution is -0.126. The van der Waals surface area contributed by atoms with Crippen molar-refractivity contribution in [2.75, 3.05) is 7.05 Å². The van der Waals surface area contributed by atoms with Gasteiger partial charge in [-0.3, -0.25) is 4.79 Å². The van der Waals surface area contributed by atoms with E-state index in [0.717, 1.165) is 16.8 Å². The molecule has 29 heavy (non-hydrogen) atoms. The van der Waals surface area contributed by atoms with Crippen molar-refractivity contribution in [2.24, 2.45) is 0 Å².